The van der Waals surface area contributed by atoms with Crippen LogP contribution in [0.1, 0.15) is 11.1 Å². The summed E-state index contributed by atoms with van der Waals surface area (Å²) in [6, 6.07) is 15.2. The van der Waals surface area contributed by atoms with Crippen LogP contribution in [0.5, 0.6) is 11.5 Å². The molecule has 0 aliphatic rings. The Hall–Kier alpha value is -2.26. The second-order valence-corrected chi connectivity index (χ2v) is 4.13. The summed E-state index contributed by atoms with van der Waals surface area (Å²) in [5.74, 6) is 0.835. The molecule has 3 nitrogen and oxygen atoms in total. The lowest BCUT2D eigenvalue weighted by Gasteiger charge is -2.08. The van der Waals surface area contributed by atoms with Crippen LogP contribution in [0, 0.1) is 0 Å². The first-order chi connectivity index (χ1) is 9.29. The van der Waals surface area contributed by atoms with Crippen molar-refractivity contribution in [3.63, 3.8) is 0 Å². The first-order valence-corrected chi connectivity index (χ1v) is 6.16. The molecule has 0 amide bonds. The van der Waals surface area contributed by atoms with E-state index >= 15 is 0 Å². The third kappa shape index (κ3) is 3.86. The third-order valence-electron chi connectivity index (χ3n) is 2.68. The SMILES string of the molecule is NCC=Cc1ccc(OCc2ccccc2)cc1O. The zero-order valence-corrected chi connectivity index (χ0v) is 10.6. The second-order valence-electron chi connectivity index (χ2n) is 4.13. The largest absolute Gasteiger partial charge is 0.507 e. The van der Waals surface area contributed by atoms with E-state index in [0.29, 0.717) is 18.9 Å². The molecule has 98 valence electrons. The Morgan fingerprint density at radius 2 is 1.89 bits per heavy atom. The molecule has 0 unspecified atom stereocenters. The van der Waals surface area contributed by atoms with Crippen molar-refractivity contribution in [3.8, 4) is 11.5 Å². The van der Waals surface area contributed by atoms with Gasteiger partial charge in [-0.2, -0.15) is 0 Å². The Morgan fingerprint density at radius 1 is 1.11 bits per heavy atom. The van der Waals surface area contributed by atoms with Gasteiger partial charge in [-0.05, 0) is 17.7 Å². The van der Waals surface area contributed by atoms with Crippen LogP contribution in [0.4, 0.5) is 0 Å². The van der Waals surface area contributed by atoms with Gasteiger partial charge in [0.2, 0.25) is 0 Å². The number of hydrogen-bond donors (Lipinski definition) is 2. The molecule has 3 N–H and O–H groups in total. The molecule has 0 aliphatic carbocycles. The second kappa shape index (κ2) is 6.61. The van der Waals surface area contributed by atoms with E-state index in [-0.39, 0.29) is 5.75 Å². The van der Waals surface area contributed by atoms with Gasteiger partial charge in [-0.3, -0.25) is 0 Å². The van der Waals surface area contributed by atoms with Crippen molar-refractivity contribution in [2.75, 3.05) is 6.54 Å². The molecular formula is C16H17NO2. The minimum absolute atomic E-state index is 0.190. The predicted molar refractivity (Wildman–Crippen MR) is 77.0 cm³/mol. The molecule has 0 saturated heterocycles. The van der Waals surface area contributed by atoms with Crippen LogP contribution in [0.15, 0.2) is 54.6 Å². The van der Waals surface area contributed by atoms with Gasteiger partial charge in [0.15, 0.2) is 0 Å². The highest BCUT2D eigenvalue weighted by atomic mass is 16.5. The van der Waals surface area contributed by atoms with Crippen LogP contribution in [-0.4, -0.2) is 11.7 Å². The number of nitrogens with two attached hydrogens (primary N) is 1. The Bertz CT molecular complexity index is 550. The Morgan fingerprint density at radius 3 is 2.58 bits per heavy atom. The number of phenols is 1. The molecule has 0 fully saturated rings. The maximum atomic E-state index is 9.84. The lowest BCUT2D eigenvalue weighted by Crippen LogP contribution is -1.95. The molecule has 0 bridgehead atoms. The van der Waals surface area contributed by atoms with E-state index in [9.17, 15) is 5.11 Å². The lowest BCUT2D eigenvalue weighted by molar-refractivity contribution is 0.304. The van der Waals surface area contributed by atoms with Gasteiger partial charge in [0.25, 0.3) is 0 Å². The molecule has 0 aromatic heterocycles. The summed E-state index contributed by atoms with van der Waals surface area (Å²) >= 11 is 0. The highest BCUT2D eigenvalue weighted by Crippen LogP contribution is 2.25. The molecule has 0 atom stereocenters. The molecular weight excluding hydrogens is 238 g/mol. The van der Waals surface area contributed by atoms with Gasteiger partial charge in [-0.25, -0.2) is 0 Å². The summed E-state index contributed by atoms with van der Waals surface area (Å²) in [5, 5.41) is 9.84. The Labute approximate surface area is 113 Å². The number of hydrogen-bond acceptors (Lipinski definition) is 3. The molecule has 3 heteroatoms. The molecule has 0 spiro atoms. The molecule has 2 aromatic carbocycles. The zero-order valence-electron chi connectivity index (χ0n) is 10.6. The standard InChI is InChI=1S/C16H17NO2/c17-10-4-7-14-8-9-15(11-16(14)18)19-12-13-5-2-1-3-6-13/h1-9,11,18H,10,12,17H2. The summed E-state index contributed by atoms with van der Waals surface area (Å²) in [6.07, 6.45) is 3.58. The highest BCUT2D eigenvalue weighted by Gasteiger charge is 2.01. The maximum absolute atomic E-state index is 9.84. The lowest BCUT2D eigenvalue weighted by atomic mass is 10.1. The molecule has 0 heterocycles. The fraction of sp³-hybridized carbons (Fsp3) is 0.125. The summed E-state index contributed by atoms with van der Waals surface area (Å²) < 4.78 is 5.62. The van der Waals surface area contributed by atoms with Crippen LogP contribution < -0.4 is 10.5 Å². The first-order valence-electron chi connectivity index (χ1n) is 6.16. The summed E-state index contributed by atoms with van der Waals surface area (Å²) in [5.41, 5.74) is 7.20. The van der Waals surface area contributed by atoms with Crippen molar-refractivity contribution in [2.24, 2.45) is 5.73 Å². The summed E-state index contributed by atoms with van der Waals surface area (Å²) in [4.78, 5) is 0. The average Bonchev–Trinajstić information content (AvgIpc) is 2.45. The van der Waals surface area contributed by atoms with E-state index in [0.717, 1.165) is 11.1 Å². The van der Waals surface area contributed by atoms with Crippen LogP contribution in [-0.2, 0) is 6.61 Å². The summed E-state index contributed by atoms with van der Waals surface area (Å²) in [7, 11) is 0. The van der Waals surface area contributed by atoms with E-state index in [1.807, 2.05) is 42.5 Å². The molecule has 2 aromatic rings. The van der Waals surface area contributed by atoms with Crippen molar-refractivity contribution < 1.29 is 9.84 Å². The van der Waals surface area contributed by atoms with Gasteiger partial charge in [-0.15, -0.1) is 0 Å². The Kier molecular flexibility index (Phi) is 4.59. The van der Waals surface area contributed by atoms with Gasteiger partial charge < -0.3 is 15.6 Å². The first kappa shape index (κ1) is 13.2. The van der Waals surface area contributed by atoms with Crippen LogP contribution in [0.2, 0.25) is 0 Å². The van der Waals surface area contributed by atoms with Crippen molar-refractivity contribution in [1.82, 2.24) is 0 Å². The Balaban J connectivity index is 2.02. The third-order valence-corrected chi connectivity index (χ3v) is 2.68. The summed E-state index contributed by atoms with van der Waals surface area (Å²) in [6.45, 7) is 0.934. The van der Waals surface area contributed by atoms with E-state index in [4.69, 9.17) is 10.5 Å². The normalized spacial score (nSPS) is 10.8. The molecule has 0 saturated carbocycles. The minimum atomic E-state index is 0.190. The van der Waals surface area contributed by atoms with E-state index in [1.54, 1.807) is 18.2 Å². The van der Waals surface area contributed by atoms with Crippen molar-refractivity contribution in [3.05, 3.63) is 65.7 Å². The van der Waals surface area contributed by atoms with Gasteiger partial charge in [0.1, 0.15) is 18.1 Å². The molecule has 19 heavy (non-hydrogen) atoms. The highest BCUT2D eigenvalue weighted by molar-refractivity contribution is 5.58. The number of aromatic hydroxyl groups is 1. The van der Waals surface area contributed by atoms with Crippen molar-refractivity contribution in [2.45, 2.75) is 6.61 Å². The monoisotopic (exact) mass is 255 g/mol. The maximum Gasteiger partial charge on any atom is 0.126 e. The van der Waals surface area contributed by atoms with Crippen LogP contribution >= 0.6 is 0 Å². The van der Waals surface area contributed by atoms with Gasteiger partial charge >= 0.3 is 0 Å². The number of benzene rings is 2. The van der Waals surface area contributed by atoms with Crippen molar-refractivity contribution >= 4 is 6.08 Å². The smallest absolute Gasteiger partial charge is 0.126 e. The molecule has 0 radical (unpaired) electrons. The predicted octanol–water partition coefficient (Wildman–Crippen LogP) is 2.94. The van der Waals surface area contributed by atoms with E-state index in [2.05, 4.69) is 0 Å². The van der Waals surface area contributed by atoms with E-state index < -0.39 is 0 Å². The van der Waals surface area contributed by atoms with Gasteiger partial charge in [0, 0.05) is 18.2 Å². The zero-order chi connectivity index (χ0) is 13.5. The number of ether oxygens (including phenoxy) is 1. The topological polar surface area (TPSA) is 55.5 Å². The number of phenolic OH excluding ortho intramolecular Hbond substituents is 1. The van der Waals surface area contributed by atoms with Crippen molar-refractivity contribution in [1.29, 1.82) is 0 Å². The fourth-order valence-corrected chi connectivity index (χ4v) is 1.69. The molecule has 0 aliphatic heterocycles. The minimum Gasteiger partial charge on any atom is -0.507 e. The molecule has 2 rings (SSSR count). The van der Waals surface area contributed by atoms with Gasteiger partial charge in [-0.1, -0.05) is 42.5 Å². The number of rotatable bonds is 5. The van der Waals surface area contributed by atoms with E-state index in [1.165, 1.54) is 0 Å². The van der Waals surface area contributed by atoms with Crippen LogP contribution in [0.25, 0.3) is 6.08 Å². The average molecular weight is 255 g/mol. The van der Waals surface area contributed by atoms with Gasteiger partial charge in [0.05, 0.1) is 0 Å². The fourth-order valence-electron chi connectivity index (χ4n) is 1.69. The quantitative estimate of drug-likeness (QED) is 0.863. The van der Waals surface area contributed by atoms with Crippen LogP contribution in [0.3, 0.4) is 0 Å².